The maximum Gasteiger partial charge on any atom is 0.102 e. The number of nitrogens with zero attached hydrogens (tertiary/aromatic N) is 2. The molecule has 0 unspecified atom stereocenters. The van der Waals surface area contributed by atoms with Crippen molar-refractivity contribution in [2.75, 3.05) is 12.7 Å². The summed E-state index contributed by atoms with van der Waals surface area (Å²) in [6.45, 7) is 1.59. The molecule has 0 N–H and O–H groups in total. The first-order chi connectivity index (χ1) is 22.3. The third-order valence-corrected chi connectivity index (χ3v) is 12.5. The normalized spacial score (nSPS) is 10.4. The SMILES string of the molecule is [Cl][Ru+2][Cl].c1ccc([PH+](CC[N-]Cc2ccccn2)c2ccccc2)cc1.c1ccc([PH+](c2ccccc2)c2ccccc2)cc1. The molecule has 2 nitrogen and oxygen atoms in total. The molecule has 0 saturated heterocycles. The number of aromatic nitrogens is 1. The molecule has 0 amide bonds. The summed E-state index contributed by atoms with van der Waals surface area (Å²) in [4.78, 5) is 4.33. The molecule has 1 heterocycles. The zero-order valence-electron chi connectivity index (χ0n) is 24.9. The van der Waals surface area contributed by atoms with Crippen molar-refractivity contribution in [2.45, 2.75) is 6.54 Å². The summed E-state index contributed by atoms with van der Waals surface area (Å²) in [5.74, 6) is 0. The molecule has 45 heavy (non-hydrogen) atoms. The van der Waals surface area contributed by atoms with E-state index in [1.807, 2.05) is 24.4 Å². The summed E-state index contributed by atoms with van der Waals surface area (Å²) in [7, 11) is 8.06. The fourth-order valence-corrected chi connectivity index (χ4v) is 9.98. The van der Waals surface area contributed by atoms with Crippen LogP contribution in [0.2, 0.25) is 0 Å². The van der Waals surface area contributed by atoms with Gasteiger partial charge in [-0.2, -0.15) is 0 Å². The van der Waals surface area contributed by atoms with E-state index in [1.54, 1.807) is 0 Å². The molecule has 0 atom stereocenters. The van der Waals surface area contributed by atoms with E-state index in [1.165, 1.54) is 26.5 Å². The first-order valence-electron chi connectivity index (χ1n) is 14.7. The largest absolute Gasteiger partial charge is 0.654 e. The van der Waals surface area contributed by atoms with Crippen molar-refractivity contribution < 1.29 is 15.1 Å². The molecule has 0 saturated carbocycles. The number of benzene rings is 5. The molecule has 228 valence electrons. The quantitative estimate of drug-likeness (QED) is 0.0785. The van der Waals surface area contributed by atoms with Crippen LogP contribution in [-0.4, -0.2) is 17.7 Å². The Balaban J connectivity index is 0.000000191. The van der Waals surface area contributed by atoms with Crippen LogP contribution in [0.5, 0.6) is 0 Å². The zero-order chi connectivity index (χ0) is 31.4. The topological polar surface area (TPSA) is 27.0 Å². The van der Waals surface area contributed by atoms with Crippen LogP contribution in [-0.2, 0) is 21.7 Å². The van der Waals surface area contributed by atoms with Gasteiger partial charge in [-0.15, -0.1) is 13.1 Å². The van der Waals surface area contributed by atoms with Gasteiger partial charge in [0.25, 0.3) is 0 Å². The van der Waals surface area contributed by atoms with Crippen LogP contribution in [0.3, 0.4) is 0 Å². The summed E-state index contributed by atoms with van der Waals surface area (Å²) in [5, 5.41) is 11.9. The molecule has 0 radical (unpaired) electrons. The van der Waals surface area contributed by atoms with Gasteiger partial charge in [0.05, 0.1) is 26.5 Å². The Morgan fingerprint density at radius 3 is 1.20 bits per heavy atom. The van der Waals surface area contributed by atoms with Gasteiger partial charge in [0.15, 0.2) is 0 Å². The molecule has 6 rings (SSSR count). The fraction of sp³-hybridized carbons (Fsp3) is 0.0789. The van der Waals surface area contributed by atoms with E-state index in [0.717, 1.165) is 18.4 Å². The van der Waals surface area contributed by atoms with Gasteiger partial charge in [-0.25, -0.2) is 0 Å². The first kappa shape index (κ1) is 35.1. The summed E-state index contributed by atoms with van der Waals surface area (Å²) < 4.78 is 0. The van der Waals surface area contributed by atoms with Crippen LogP contribution in [0.1, 0.15) is 5.69 Å². The standard InChI is InChI=1S/C20H20N2P.C18H15P.2ClH.Ru/c1-3-10-19(11-4-1)23(20-12-5-2-6-13-20)16-15-21-17-18-9-7-8-14-22-18;1-4-10-16(11-5-1)19(17-12-6-2-7-13-17)18-14-8-3-9-15-18;;;/h1-14H,15-17H2;1-15H;2*1H;/q-1;;;;+4. The van der Waals surface area contributed by atoms with E-state index < -0.39 is 15.8 Å². The third-order valence-electron chi connectivity index (χ3n) is 6.95. The minimum atomic E-state index is -0.877. The molecule has 7 heteroatoms. The van der Waals surface area contributed by atoms with Crippen molar-refractivity contribution in [3.05, 3.63) is 187 Å². The number of pyridine rings is 1. The maximum absolute atomic E-state index is 4.85. The summed E-state index contributed by atoms with van der Waals surface area (Å²) >= 11 is -0.346. The van der Waals surface area contributed by atoms with Crippen molar-refractivity contribution in [2.24, 2.45) is 0 Å². The Bertz CT molecular complexity index is 1450. The van der Waals surface area contributed by atoms with Gasteiger partial charge in [0.2, 0.25) is 0 Å². The van der Waals surface area contributed by atoms with Crippen molar-refractivity contribution in [3.63, 3.8) is 0 Å². The van der Waals surface area contributed by atoms with E-state index in [9.17, 15) is 0 Å². The van der Waals surface area contributed by atoms with E-state index in [2.05, 4.69) is 157 Å². The Kier molecular flexibility index (Phi) is 16.5. The van der Waals surface area contributed by atoms with Crippen LogP contribution >= 0.6 is 35.2 Å². The minimum Gasteiger partial charge on any atom is -0.654 e. The molecule has 6 aromatic rings. The second-order valence-electron chi connectivity index (χ2n) is 9.91. The monoisotopic (exact) mass is 755 g/mol. The van der Waals surface area contributed by atoms with Crippen LogP contribution in [0.4, 0.5) is 0 Å². The smallest absolute Gasteiger partial charge is 0.102 e. The molecule has 0 aliphatic rings. The second-order valence-corrected chi connectivity index (χ2v) is 17.6. The average molecular weight is 756 g/mol. The maximum atomic E-state index is 4.85. The van der Waals surface area contributed by atoms with Gasteiger partial charge in [0.1, 0.15) is 15.9 Å². The molecule has 0 aliphatic carbocycles. The van der Waals surface area contributed by atoms with Gasteiger partial charge in [-0.05, 0) is 72.8 Å². The van der Waals surface area contributed by atoms with Crippen molar-refractivity contribution in [1.29, 1.82) is 0 Å². The number of rotatable bonds is 10. The predicted octanol–water partition coefficient (Wildman–Crippen LogP) is 8.37. The van der Waals surface area contributed by atoms with Gasteiger partial charge in [-0.3, -0.25) is 4.98 Å². The summed E-state index contributed by atoms with van der Waals surface area (Å²) in [5.41, 5.74) is 1.04. The summed E-state index contributed by atoms with van der Waals surface area (Å²) in [6, 6.07) is 60.2. The molecule has 5 aromatic carbocycles. The minimum absolute atomic E-state index is 0.346. The molecule has 0 aliphatic heterocycles. The van der Waals surface area contributed by atoms with E-state index >= 15 is 0 Å². The predicted molar refractivity (Wildman–Crippen MR) is 200 cm³/mol. The second kappa shape index (κ2) is 21.1. The Morgan fingerprint density at radius 2 is 0.844 bits per heavy atom. The Labute approximate surface area is 286 Å². The van der Waals surface area contributed by atoms with Crippen molar-refractivity contribution in [1.82, 2.24) is 4.98 Å². The van der Waals surface area contributed by atoms with Crippen LogP contribution in [0.25, 0.3) is 5.32 Å². The number of hydrogen-bond acceptors (Lipinski definition) is 1. The fourth-order valence-electron chi connectivity index (χ4n) is 4.92. The number of hydrogen-bond donors (Lipinski definition) is 0. The molecule has 0 fully saturated rings. The molecular weight excluding hydrogens is 718 g/mol. The van der Waals surface area contributed by atoms with Gasteiger partial charge in [-0.1, -0.05) is 97.1 Å². The van der Waals surface area contributed by atoms with E-state index in [-0.39, 0.29) is 15.1 Å². The van der Waals surface area contributed by atoms with Crippen LogP contribution in [0.15, 0.2) is 176 Å². The number of halogens is 2. The van der Waals surface area contributed by atoms with E-state index in [0.29, 0.717) is 6.54 Å². The van der Waals surface area contributed by atoms with Crippen molar-refractivity contribution in [3.8, 4) is 0 Å². The molecule has 0 spiro atoms. The van der Waals surface area contributed by atoms with E-state index in [4.69, 9.17) is 24.7 Å². The summed E-state index contributed by atoms with van der Waals surface area (Å²) in [6.07, 6.45) is 2.94. The molecule has 0 bridgehead atoms. The van der Waals surface area contributed by atoms with Gasteiger partial charge in [0, 0.05) is 18.1 Å². The van der Waals surface area contributed by atoms with Gasteiger partial charge < -0.3 is 5.32 Å². The third kappa shape index (κ3) is 12.2. The van der Waals surface area contributed by atoms with Crippen molar-refractivity contribution >= 4 is 61.7 Å². The van der Waals surface area contributed by atoms with Crippen LogP contribution in [0, 0.1) is 0 Å². The first-order valence-corrected chi connectivity index (χ1v) is 22.4. The molecular formula is C38H37Cl2N2P2Ru+3. The Morgan fingerprint density at radius 1 is 0.489 bits per heavy atom. The van der Waals surface area contributed by atoms with Gasteiger partial charge >= 0.3 is 34.5 Å². The zero-order valence-corrected chi connectivity index (χ0v) is 30.1. The average Bonchev–Trinajstić information content (AvgIpc) is 3.12. The Hall–Kier alpha value is -2.73. The molecule has 1 aromatic heterocycles. The van der Waals surface area contributed by atoms with Crippen LogP contribution < -0.4 is 26.5 Å².